The summed E-state index contributed by atoms with van der Waals surface area (Å²) in [6.07, 6.45) is 4.18. The second-order valence-electron chi connectivity index (χ2n) is 8.44. The first-order valence-corrected chi connectivity index (χ1v) is 9.39. The van der Waals surface area contributed by atoms with Crippen LogP contribution in [0.4, 0.5) is 0 Å². The first kappa shape index (κ1) is 16.9. The largest absolute Gasteiger partial charge is 0.495 e. The average molecular weight is 334 g/mol. The van der Waals surface area contributed by atoms with Crippen molar-refractivity contribution in [1.29, 1.82) is 0 Å². The Balaban J connectivity index is 1.70. The quantitative estimate of drug-likeness (QED) is 0.737. The molecule has 4 bridgehead atoms. The van der Waals surface area contributed by atoms with E-state index in [1.54, 1.807) is 0 Å². The van der Waals surface area contributed by atoms with E-state index >= 15 is 0 Å². The maximum absolute atomic E-state index is 6.34. The highest BCUT2D eigenvalue weighted by Gasteiger charge is 2.52. The van der Waals surface area contributed by atoms with Gasteiger partial charge >= 0.3 is 7.12 Å². The van der Waals surface area contributed by atoms with E-state index in [1.807, 2.05) is 0 Å². The summed E-state index contributed by atoms with van der Waals surface area (Å²) in [5.74, 6) is 0. The van der Waals surface area contributed by atoms with Gasteiger partial charge in [0.25, 0.3) is 0 Å². The Kier molecular flexibility index (Phi) is 4.05. The van der Waals surface area contributed by atoms with Gasteiger partial charge in [0.05, 0.1) is 11.2 Å². The van der Waals surface area contributed by atoms with Crippen LogP contribution >= 0.6 is 0 Å². The van der Waals surface area contributed by atoms with Crippen LogP contribution in [0.1, 0.15) is 49.9 Å². The molecule has 2 aromatic carbocycles. The van der Waals surface area contributed by atoms with E-state index in [9.17, 15) is 0 Å². The van der Waals surface area contributed by atoms with Gasteiger partial charge in [-0.3, -0.25) is 0 Å². The summed E-state index contributed by atoms with van der Waals surface area (Å²) in [5, 5.41) is 0. The molecule has 0 unspecified atom stereocenters. The summed E-state index contributed by atoms with van der Waals surface area (Å²) in [4.78, 5) is 0. The van der Waals surface area contributed by atoms with Gasteiger partial charge in [0.15, 0.2) is 0 Å². The zero-order chi connectivity index (χ0) is 17.7. The minimum atomic E-state index is -0.300. The lowest BCUT2D eigenvalue weighted by atomic mass is 9.73. The first-order chi connectivity index (χ1) is 11.8. The summed E-state index contributed by atoms with van der Waals surface area (Å²) in [7, 11) is -0.274. The zero-order valence-corrected chi connectivity index (χ0v) is 15.8. The van der Waals surface area contributed by atoms with Gasteiger partial charge in [-0.2, -0.15) is 0 Å². The van der Waals surface area contributed by atoms with E-state index in [4.69, 9.17) is 9.31 Å². The Bertz CT molecular complexity index is 761. The Morgan fingerprint density at radius 2 is 1.16 bits per heavy atom. The highest BCUT2D eigenvalue weighted by Crippen LogP contribution is 2.36. The zero-order valence-electron chi connectivity index (χ0n) is 15.8. The fourth-order valence-electron chi connectivity index (χ4n) is 3.66. The van der Waals surface area contributed by atoms with E-state index in [0.29, 0.717) is 0 Å². The maximum atomic E-state index is 6.34. The van der Waals surface area contributed by atoms with E-state index in [2.05, 4.69) is 70.2 Å². The fraction of sp³-hybridized carbons (Fsp3) is 0.455. The second-order valence-corrected chi connectivity index (χ2v) is 8.44. The summed E-state index contributed by atoms with van der Waals surface area (Å²) in [5.41, 5.74) is 6.12. The van der Waals surface area contributed by atoms with Crippen molar-refractivity contribution in [3.05, 3.63) is 64.7 Å². The summed E-state index contributed by atoms with van der Waals surface area (Å²) in [6.45, 7) is 8.48. The highest BCUT2D eigenvalue weighted by molar-refractivity contribution is 6.62. The van der Waals surface area contributed by atoms with Crippen molar-refractivity contribution in [3.8, 4) is 0 Å². The lowest BCUT2D eigenvalue weighted by Crippen LogP contribution is -2.41. The predicted molar refractivity (Wildman–Crippen MR) is 103 cm³/mol. The molecule has 0 amide bonds. The molecule has 1 aliphatic heterocycles. The number of hydrogen-bond acceptors (Lipinski definition) is 2. The van der Waals surface area contributed by atoms with Crippen molar-refractivity contribution in [1.82, 2.24) is 0 Å². The van der Waals surface area contributed by atoms with Crippen molar-refractivity contribution in [3.63, 3.8) is 0 Å². The Morgan fingerprint density at radius 1 is 0.680 bits per heavy atom. The molecule has 3 heteroatoms. The lowest BCUT2D eigenvalue weighted by Gasteiger charge is -2.32. The molecule has 25 heavy (non-hydrogen) atoms. The van der Waals surface area contributed by atoms with Crippen LogP contribution in [-0.2, 0) is 35.0 Å². The number of rotatable bonds is 1. The summed E-state index contributed by atoms with van der Waals surface area (Å²) < 4.78 is 12.7. The molecule has 5 aliphatic rings. The second kappa shape index (κ2) is 6.00. The Labute approximate surface area is 151 Å². The van der Waals surface area contributed by atoms with E-state index in [-0.39, 0.29) is 18.3 Å². The molecule has 2 nitrogen and oxygen atoms in total. The van der Waals surface area contributed by atoms with Gasteiger partial charge < -0.3 is 9.31 Å². The van der Waals surface area contributed by atoms with Gasteiger partial charge in [-0.15, -0.1) is 0 Å². The molecule has 0 saturated carbocycles. The van der Waals surface area contributed by atoms with Gasteiger partial charge in [0.1, 0.15) is 0 Å². The predicted octanol–water partition coefficient (Wildman–Crippen LogP) is 3.87. The van der Waals surface area contributed by atoms with Crippen LogP contribution in [0.5, 0.6) is 0 Å². The lowest BCUT2D eigenvalue weighted by molar-refractivity contribution is 0.00578. The molecule has 2 aromatic rings. The third kappa shape index (κ3) is 3.16. The van der Waals surface area contributed by atoms with Gasteiger partial charge in [-0.1, -0.05) is 42.5 Å². The third-order valence-corrected chi connectivity index (χ3v) is 6.13. The molecule has 130 valence electrons. The first-order valence-electron chi connectivity index (χ1n) is 9.39. The normalized spacial score (nSPS) is 21.2. The van der Waals surface area contributed by atoms with Crippen LogP contribution in [0.3, 0.4) is 0 Å². The third-order valence-electron chi connectivity index (χ3n) is 6.13. The minimum Gasteiger partial charge on any atom is -0.399 e. The van der Waals surface area contributed by atoms with Crippen molar-refractivity contribution in [2.75, 3.05) is 0 Å². The number of hydrogen-bond donors (Lipinski definition) is 0. The van der Waals surface area contributed by atoms with Crippen LogP contribution in [0.25, 0.3) is 0 Å². The summed E-state index contributed by atoms with van der Waals surface area (Å²) in [6, 6.07) is 16.0. The van der Waals surface area contributed by atoms with Gasteiger partial charge in [-0.25, -0.2) is 0 Å². The molecular formula is C22H27BO2. The molecule has 0 spiro atoms. The monoisotopic (exact) mass is 334 g/mol. The summed E-state index contributed by atoms with van der Waals surface area (Å²) >= 11 is 0. The fourth-order valence-corrected chi connectivity index (χ4v) is 3.66. The van der Waals surface area contributed by atoms with Crippen LogP contribution in [0, 0.1) is 0 Å². The Hall–Kier alpha value is -1.58. The maximum Gasteiger partial charge on any atom is 0.495 e. The van der Waals surface area contributed by atoms with Crippen LogP contribution in [-0.4, -0.2) is 18.3 Å². The van der Waals surface area contributed by atoms with Crippen LogP contribution in [0.2, 0.25) is 0 Å². The molecular weight excluding hydrogens is 307 g/mol. The van der Waals surface area contributed by atoms with Crippen molar-refractivity contribution < 1.29 is 9.31 Å². The standard InChI is InChI=1S/C22H27BO2/c1-21(2)22(3,4)25-23(24-21)20-15-18-10-9-16-5-7-17(8-6-16)11-13-19(20)14-12-18/h5-8,12,14-15H,9-11,13H2,1-4H3. The number of aryl methyl sites for hydroxylation is 4. The molecule has 0 radical (unpaired) electrons. The molecule has 1 saturated heterocycles. The van der Waals surface area contributed by atoms with Gasteiger partial charge in [0, 0.05) is 0 Å². The molecule has 0 atom stereocenters. The molecule has 1 fully saturated rings. The SMILES string of the molecule is CC1(C)OB(c2cc3ccc2CCc2ccc(cc2)CC3)OC1(C)C. The topological polar surface area (TPSA) is 18.5 Å². The van der Waals surface area contributed by atoms with Crippen molar-refractivity contribution in [2.45, 2.75) is 64.6 Å². The molecule has 4 aliphatic carbocycles. The van der Waals surface area contributed by atoms with Gasteiger partial charge in [0.2, 0.25) is 0 Å². The van der Waals surface area contributed by atoms with E-state index in [1.165, 1.54) is 27.7 Å². The molecule has 0 N–H and O–H groups in total. The van der Waals surface area contributed by atoms with E-state index < -0.39 is 0 Å². The molecule has 0 aromatic heterocycles. The molecule has 7 rings (SSSR count). The molecule has 1 heterocycles. The smallest absolute Gasteiger partial charge is 0.399 e. The number of benzene rings is 2. The van der Waals surface area contributed by atoms with Crippen molar-refractivity contribution >= 4 is 12.6 Å². The van der Waals surface area contributed by atoms with E-state index in [0.717, 1.165) is 25.7 Å². The average Bonchev–Trinajstić information content (AvgIpc) is 2.78. The van der Waals surface area contributed by atoms with Crippen LogP contribution < -0.4 is 5.46 Å². The van der Waals surface area contributed by atoms with Gasteiger partial charge in [-0.05, 0) is 81.1 Å². The van der Waals surface area contributed by atoms with Crippen LogP contribution in [0.15, 0.2) is 42.5 Å². The minimum absolute atomic E-state index is 0.274. The highest BCUT2D eigenvalue weighted by atomic mass is 16.7. The van der Waals surface area contributed by atoms with Crippen molar-refractivity contribution in [2.24, 2.45) is 0 Å². The Morgan fingerprint density at radius 3 is 1.76 bits per heavy atom.